The summed E-state index contributed by atoms with van der Waals surface area (Å²) in [4.78, 5) is -1.34. The summed E-state index contributed by atoms with van der Waals surface area (Å²) >= 11 is 0. The second-order valence-corrected chi connectivity index (χ2v) is 11.2. The smallest absolute Gasteiger partial charge is 0.294 e. The van der Waals surface area contributed by atoms with Crippen molar-refractivity contribution in [2.24, 2.45) is 0 Å². The molecule has 0 aliphatic carbocycles. The van der Waals surface area contributed by atoms with Crippen molar-refractivity contribution in [3.05, 3.63) is 66.7 Å². The average molecular weight is 529 g/mol. The van der Waals surface area contributed by atoms with Crippen molar-refractivity contribution in [2.75, 3.05) is 0 Å². The summed E-state index contributed by atoms with van der Waals surface area (Å²) in [6.45, 7) is 0. The third-order valence-electron chi connectivity index (χ3n) is 4.58. The predicted octanol–water partition coefficient (Wildman–Crippen LogP) is 2.83. The van der Waals surface area contributed by atoms with Crippen LogP contribution in [0.4, 0.5) is 0 Å². The van der Waals surface area contributed by atoms with E-state index in [9.17, 15) is 35.5 Å². The van der Waals surface area contributed by atoms with Gasteiger partial charge in [-0.25, -0.2) is 0 Å². The molecule has 14 heteroatoms. The topological polar surface area (TPSA) is 204 Å². The molecule has 0 saturated heterocycles. The van der Waals surface area contributed by atoms with Crippen LogP contribution in [-0.4, -0.2) is 49.1 Å². The Morgan fingerprint density at radius 2 is 0.882 bits per heavy atom. The molecule has 5 N–H and O–H groups in total. The highest BCUT2D eigenvalue weighted by atomic mass is 32.2. The van der Waals surface area contributed by atoms with E-state index in [2.05, 4.69) is 0 Å². The lowest BCUT2D eigenvalue weighted by molar-refractivity contribution is 0.470. The summed E-state index contributed by atoms with van der Waals surface area (Å²) in [7, 11) is -13.3. The van der Waals surface area contributed by atoms with Crippen molar-refractivity contribution in [1.82, 2.24) is 0 Å². The predicted molar refractivity (Wildman–Crippen MR) is 121 cm³/mol. The van der Waals surface area contributed by atoms with Crippen molar-refractivity contribution < 1.29 is 49.1 Å². The van der Waals surface area contributed by atoms with Crippen LogP contribution >= 0.6 is 0 Å². The van der Waals surface area contributed by atoms with Crippen LogP contribution in [0.3, 0.4) is 0 Å². The maximum atomic E-state index is 11.0. The minimum Gasteiger partial charge on any atom is -0.507 e. The Hall–Kier alpha value is -3.27. The van der Waals surface area contributed by atoms with Crippen LogP contribution in [0.1, 0.15) is 0 Å². The van der Waals surface area contributed by atoms with Gasteiger partial charge < -0.3 is 10.2 Å². The van der Waals surface area contributed by atoms with Crippen LogP contribution in [0.25, 0.3) is 21.5 Å². The molecule has 180 valence electrons. The number of fused-ring (bicyclic) bond motifs is 2. The molecule has 0 saturated carbocycles. The monoisotopic (exact) mass is 528 g/mol. The molecule has 0 aromatic heterocycles. The normalized spacial score (nSPS) is 12.3. The van der Waals surface area contributed by atoms with Crippen molar-refractivity contribution >= 4 is 51.9 Å². The molecule has 4 aromatic carbocycles. The first-order valence-electron chi connectivity index (χ1n) is 8.98. The van der Waals surface area contributed by atoms with E-state index in [1.807, 2.05) is 0 Å². The van der Waals surface area contributed by atoms with Crippen LogP contribution in [0.2, 0.25) is 0 Å². The molecule has 0 radical (unpaired) electrons. The van der Waals surface area contributed by atoms with Gasteiger partial charge >= 0.3 is 0 Å². The van der Waals surface area contributed by atoms with Crippen LogP contribution in [0.15, 0.2) is 81.4 Å². The van der Waals surface area contributed by atoms with E-state index in [-0.39, 0.29) is 21.4 Å². The van der Waals surface area contributed by atoms with E-state index in [0.717, 1.165) is 30.3 Å². The van der Waals surface area contributed by atoms with E-state index in [1.54, 1.807) is 24.3 Å². The Kier molecular flexibility index (Phi) is 6.58. The van der Waals surface area contributed by atoms with Gasteiger partial charge in [-0.15, -0.1) is 0 Å². The number of benzene rings is 4. The molecular formula is C20H16O11S3. The molecule has 0 aliphatic heterocycles. The standard InChI is InChI=1S/C10H8O7S2.C10H8O4S/c11-10-5-8(19(15,16)17)4-6-3-7(18(12,13)14)1-2-9(6)10;11-10-6-8(15(12,13)14)5-7-3-1-2-4-9(7)10/h1-5,11H,(H,12,13,14)(H,15,16,17);1-6,11H,(H,12,13,14). The maximum Gasteiger partial charge on any atom is 0.294 e. The highest BCUT2D eigenvalue weighted by Crippen LogP contribution is 2.30. The fraction of sp³-hybridized carbons (Fsp3) is 0. The van der Waals surface area contributed by atoms with Crippen molar-refractivity contribution in [2.45, 2.75) is 14.7 Å². The lowest BCUT2D eigenvalue weighted by Crippen LogP contribution is -1.99. The third kappa shape index (κ3) is 5.61. The minimum absolute atomic E-state index is 0.0442. The Balaban J connectivity index is 0.000000196. The Morgan fingerprint density at radius 3 is 1.38 bits per heavy atom. The zero-order valence-electron chi connectivity index (χ0n) is 16.8. The van der Waals surface area contributed by atoms with E-state index >= 15 is 0 Å². The number of phenols is 2. The van der Waals surface area contributed by atoms with Crippen LogP contribution in [0, 0.1) is 0 Å². The van der Waals surface area contributed by atoms with Gasteiger partial charge in [0.1, 0.15) is 11.5 Å². The fourth-order valence-corrected chi connectivity index (χ4v) is 4.61. The molecule has 34 heavy (non-hydrogen) atoms. The zero-order valence-corrected chi connectivity index (χ0v) is 19.2. The number of phenolic OH excluding ortho intramolecular Hbond substituents is 2. The number of aromatic hydroxyl groups is 2. The molecular weight excluding hydrogens is 512 g/mol. The van der Waals surface area contributed by atoms with Gasteiger partial charge in [-0.1, -0.05) is 24.3 Å². The van der Waals surface area contributed by atoms with Crippen LogP contribution < -0.4 is 0 Å². The van der Waals surface area contributed by atoms with Gasteiger partial charge in [-0.2, -0.15) is 25.3 Å². The molecule has 0 unspecified atom stereocenters. The summed E-state index contributed by atoms with van der Waals surface area (Å²) < 4.78 is 92.3. The summed E-state index contributed by atoms with van der Waals surface area (Å²) in [5.74, 6) is -0.604. The molecule has 0 bridgehead atoms. The van der Waals surface area contributed by atoms with E-state index in [0.29, 0.717) is 10.8 Å². The SMILES string of the molecule is O=S(=O)(O)c1cc(O)c2ccccc2c1.O=S(=O)(O)c1ccc2c(O)cc(S(=O)(=O)O)cc2c1. The summed E-state index contributed by atoms with van der Waals surface area (Å²) in [6, 6.07) is 14.2. The lowest BCUT2D eigenvalue weighted by Gasteiger charge is -2.05. The summed E-state index contributed by atoms with van der Waals surface area (Å²) in [6.07, 6.45) is 0. The molecule has 4 rings (SSSR count). The summed E-state index contributed by atoms with van der Waals surface area (Å²) in [5.41, 5.74) is 0. The van der Waals surface area contributed by atoms with Gasteiger partial charge in [0.15, 0.2) is 0 Å². The molecule has 0 spiro atoms. The van der Waals surface area contributed by atoms with Crippen molar-refractivity contribution in [3.8, 4) is 11.5 Å². The quantitative estimate of drug-likeness (QED) is 0.245. The molecule has 11 nitrogen and oxygen atoms in total. The molecule has 0 atom stereocenters. The Labute approximate surface area is 193 Å². The highest BCUT2D eigenvalue weighted by Gasteiger charge is 2.16. The fourth-order valence-electron chi connectivity index (χ4n) is 3.02. The van der Waals surface area contributed by atoms with Gasteiger partial charge in [0, 0.05) is 22.9 Å². The van der Waals surface area contributed by atoms with Gasteiger partial charge in [0.2, 0.25) is 0 Å². The Bertz CT molecular complexity index is 1740. The first-order chi connectivity index (χ1) is 15.6. The second kappa shape index (κ2) is 8.83. The number of hydrogen-bond acceptors (Lipinski definition) is 8. The molecule has 4 aromatic rings. The van der Waals surface area contributed by atoms with Crippen LogP contribution in [0.5, 0.6) is 11.5 Å². The number of hydrogen-bond donors (Lipinski definition) is 5. The van der Waals surface area contributed by atoms with Gasteiger partial charge in [-0.3, -0.25) is 13.7 Å². The van der Waals surface area contributed by atoms with E-state index in [4.69, 9.17) is 13.7 Å². The minimum atomic E-state index is -4.54. The zero-order chi connectivity index (χ0) is 25.5. The van der Waals surface area contributed by atoms with Crippen molar-refractivity contribution in [3.63, 3.8) is 0 Å². The van der Waals surface area contributed by atoms with E-state index in [1.165, 1.54) is 12.1 Å². The first kappa shape index (κ1) is 25.4. The highest BCUT2D eigenvalue weighted by molar-refractivity contribution is 7.86. The maximum absolute atomic E-state index is 11.0. The second-order valence-electron chi connectivity index (χ2n) is 6.91. The molecule has 0 fully saturated rings. The van der Waals surface area contributed by atoms with E-state index < -0.39 is 45.9 Å². The number of rotatable bonds is 3. The van der Waals surface area contributed by atoms with Gasteiger partial charge in [-0.05, 0) is 41.1 Å². The van der Waals surface area contributed by atoms with Gasteiger partial charge in [0.05, 0.1) is 14.7 Å². The first-order valence-corrected chi connectivity index (χ1v) is 13.3. The largest absolute Gasteiger partial charge is 0.507 e. The molecule has 0 aliphatic rings. The summed E-state index contributed by atoms with van der Waals surface area (Å²) in [5, 5.41) is 20.5. The average Bonchev–Trinajstić information content (AvgIpc) is 2.72. The van der Waals surface area contributed by atoms with Crippen LogP contribution in [-0.2, 0) is 30.4 Å². The molecule has 0 amide bonds. The lowest BCUT2D eigenvalue weighted by atomic mass is 10.1. The van der Waals surface area contributed by atoms with Crippen molar-refractivity contribution in [1.29, 1.82) is 0 Å². The Morgan fingerprint density at radius 1 is 0.471 bits per heavy atom. The van der Waals surface area contributed by atoms with Gasteiger partial charge in [0.25, 0.3) is 30.4 Å². The molecule has 0 heterocycles. The third-order valence-corrected chi connectivity index (χ3v) is 7.10.